The first-order valence-corrected chi connectivity index (χ1v) is 3.99. The maximum absolute atomic E-state index is 10.4. The molecule has 12 heavy (non-hydrogen) atoms. The topological polar surface area (TPSA) is 55.1 Å². The van der Waals surface area contributed by atoms with Crippen molar-refractivity contribution in [1.82, 2.24) is 9.55 Å². The Balaban J connectivity index is 2.92. The quantitative estimate of drug-likeness (QED) is 0.785. The summed E-state index contributed by atoms with van der Waals surface area (Å²) < 4.78 is 1.62. The minimum Gasteiger partial charge on any atom is -0.476 e. The van der Waals surface area contributed by atoms with E-state index in [1.807, 2.05) is 6.92 Å². The van der Waals surface area contributed by atoms with Crippen LogP contribution in [0.5, 0.6) is 0 Å². The van der Waals surface area contributed by atoms with Crippen LogP contribution in [0.15, 0.2) is 6.20 Å². The third-order valence-electron chi connectivity index (χ3n) is 1.41. The van der Waals surface area contributed by atoms with Crippen molar-refractivity contribution in [2.24, 2.45) is 0 Å². The number of halogens is 1. The van der Waals surface area contributed by atoms with Crippen LogP contribution >= 0.6 is 11.6 Å². The minimum absolute atomic E-state index is 0.00606. The number of imidazole rings is 1. The number of hydrogen-bond donors (Lipinski definition) is 1. The van der Waals surface area contributed by atoms with Crippen molar-refractivity contribution >= 4 is 17.6 Å². The smallest absolute Gasteiger partial charge is 0.356 e. The number of carboxylic acid groups (broad SMARTS) is 1. The zero-order chi connectivity index (χ0) is 9.14. The number of rotatable bonds is 3. The van der Waals surface area contributed by atoms with Gasteiger partial charge in [0.25, 0.3) is 0 Å². The summed E-state index contributed by atoms with van der Waals surface area (Å²) in [4.78, 5) is 14.1. The lowest BCUT2D eigenvalue weighted by Crippen LogP contribution is -1.96. The number of aromatic nitrogens is 2. The van der Waals surface area contributed by atoms with E-state index in [1.54, 1.807) is 4.57 Å². The molecule has 0 fully saturated rings. The molecule has 5 heteroatoms. The fourth-order valence-corrected chi connectivity index (χ4v) is 1.12. The van der Waals surface area contributed by atoms with Crippen LogP contribution in [0.25, 0.3) is 0 Å². The van der Waals surface area contributed by atoms with Gasteiger partial charge in [-0.2, -0.15) is 0 Å². The van der Waals surface area contributed by atoms with Gasteiger partial charge in [-0.15, -0.1) is 0 Å². The number of hydrogen-bond acceptors (Lipinski definition) is 2. The molecule has 1 aromatic rings. The molecular formula is C7H9ClN2O2. The van der Waals surface area contributed by atoms with Gasteiger partial charge in [-0.3, -0.25) is 0 Å². The summed E-state index contributed by atoms with van der Waals surface area (Å²) in [7, 11) is 0. The third kappa shape index (κ3) is 1.76. The average Bonchev–Trinajstić information content (AvgIpc) is 2.34. The highest BCUT2D eigenvalue weighted by molar-refractivity contribution is 6.28. The second-order valence-electron chi connectivity index (χ2n) is 2.39. The van der Waals surface area contributed by atoms with Crippen molar-refractivity contribution in [3.8, 4) is 0 Å². The van der Waals surface area contributed by atoms with E-state index >= 15 is 0 Å². The van der Waals surface area contributed by atoms with Gasteiger partial charge in [0.15, 0.2) is 5.69 Å². The highest BCUT2D eigenvalue weighted by Crippen LogP contribution is 2.09. The van der Waals surface area contributed by atoms with E-state index < -0.39 is 5.97 Å². The number of aromatic carboxylic acids is 1. The molecule has 0 aliphatic carbocycles. The molecule has 1 rings (SSSR count). The van der Waals surface area contributed by atoms with Crippen LogP contribution in [0.4, 0.5) is 0 Å². The first-order valence-electron chi connectivity index (χ1n) is 3.61. The number of aryl methyl sites for hydroxylation is 1. The Morgan fingerprint density at radius 2 is 2.50 bits per heavy atom. The number of carbonyl (C=O) groups is 1. The predicted molar refractivity (Wildman–Crippen MR) is 44.5 cm³/mol. The van der Waals surface area contributed by atoms with E-state index in [0.717, 1.165) is 6.42 Å². The van der Waals surface area contributed by atoms with Crippen LogP contribution in [-0.2, 0) is 6.54 Å². The molecule has 1 N–H and O–H groups in total. The van der Waals surface area contributed by atoms with Crippen molar-refractivity contribution in [2.45, 2.75) is 19.9 Å². The lowest BCUT2D eigenvalue weighted by molar-refractivity contribution is 0.0691. The fourth-order valence-electron chi connectivity index (χ4n) is 0.894. The highest BCUT2D eigenvalue weighted by Gasteiger charge is 2.10. The molecule has 1 aromatic heterocycles. The molecule has 0 radical (unpaired) electrons. The molecular weight excluding hydrogens is 180 g/mol. The Labute approximate surface area is 74.8 Å². The highest BCUT2D eigenvalue weighted by atomic mass is 35.5. The second-order valence-corrected chi connectivity index (χ2v) is 2.73. The summed E-state index contributed by atoms with van der Waals surface area (Å²) in [5.74, 6) is -1.05. The van der Waals surface area contributed by atoms with Gasteiger partial charge >= 0.3 is 5.97 Å². The van der Waals surface area contributed by atoms with Crippen molar-refractivity contribution in [3.63, 3.8) is 0 Å². The summed E-state index contributed by atoms with van der Waals surface area (Å²) in [6, 6.07) is 0. The molecule has 0 saturated carbocycles. The van der Waals surface area contributed by atoms with Gasteiger partial charge in [-0.05, 0) is 18.0 Å². The average molecular weight is 189 g/mol. The Morgan fingerprint density at radius 3 is 2.92 bits per heavy atom. The summed E-state index contributed by atoms with van der Waals surface area (Å²) in [6.45, 7) is 2.68. The molecule has 0 aromatic carbocycles. The Hall–Kier alpha value is -1.03. The molecule has 0 aliphatic heterocycles. The lowest BCUT2D eigenvalue weighted by Gasteiger charge is -1.97. The second kappa shape index (κ2) is 3.58. The van der Waals surface area contributed by atoms with Crippen molar-refractivity contribution < 1.29 is 9.90 Å². The molecule has 1 heterocycles. The Morgan fingerprint density at radius 1 is 1.83 bits per heavy atom. The van der Waals surface area contributed by atoms with Crippen molar-refractivity contribution in [1.29, 1.82) is 0 Å². The van der Waals surface area contributed by atoms with E-state index in [-0.39, 0.29) is 11.0 Å². The summed E-state index contributed by atoms with van der Waals surface area (Å²) in [6.07, 6.45) is 2.34. The maximum Gasteiger partial charge on any atom is 0.356 e. The van der Waals surface area contributed by atoms with Crippen LogP contribution in [0.3, 0.4) is 0 Å². The largest absolute Gasteiger partial charge is 0.476 e. The van der Waals surface area contributed by atoms with Crippen LogP contribution in [0, 0.1) is 0 Å². The van der Waals surface area contributed by atoms with Gasteiger partial charge in [0.2, 0.25) is 5.28 Å². The first kappa shape index (κ1) is 9.06. The number of nitrogens with zero attached hydrogens (tertiary/aromatic N) is 2. The SMILES string of the molecule is CCCn1cc(C(=O)O)nc1Cl. The number of carboxylic acids is 1. The fraction of sp³-hybridized carbons (Fsp3) is 0.429. The molecule has 0 aliphatic rings. The summed E-state index contributed by atoms with van der Waals surface area (Å²) in [5, 5.41) is 8.79. The van der Waals surface area contributed by atoms with Gasteiger partial charge in [-0.25, -0.2) is 9.78 Å². The van der Waals surface area contributed by atoms with Gasteiger partial charge in [0.05, 0.1) is 0 Å². The molecule has 66 valence electrons. The van der Waals surface area contributed by atoms with Crippen LogP contribution in [0.2, 0.25) is 5.28 Å². The Bertz CT molecular complexity index is 296. The summed E-state index contributed by atoms with van der Waals surface area (Å²) in [5.41, 5.74) is -0.00606. The molecule has 0 saturated heterocycles. The van der Waals surface area contributed by atoms with Gasteiger partial charge in [0.1, 0.15) is 0 Å². The van der Waals surface area contributed by atoms with E-state index in [0.29, 0.717) is 6.54 Å². The van der Waals surface area contributed by atoms with Crippen LogP contribution in [-0.4, -0.2) is 20.6 Å². The normalized spacial score (nSPS) is 10.2. The van der Waals surface area contributed by atoms with Crippen molar-refractivity contribution in [2.75, 3.05) is 0 Å². The van der Waals surface area contributed by atoms with Crippen LogP contribution in [0.1, 0.15) is 23.8 Å². The van der Waals surface area contributed by atoms with Crippen LogP contribution < -0.4 is 0 Å². The zero-order valence-electron chi connectivity index (χ0n) is 6.62. The molecule has 0 bridgehead atoms. The van der Waals surface area contributed by atoms with E-state index in [2.05, 4.69) is 4.98 Å². The van der Waals surface area contributed by atoms with Gasteiger partial charge in [-0.1, -0.05) is 6.92 Å². The molecule has 0 atom stereocenters. The zero-order valence-corrected chi connectivity index (χ0v) is 7.38. The maximum atomic E-state index is 10.4. The van der Waals surface area contributed by atoms with E-state index in [4.69, 9.17) is 16.7 Å². The molecule has 0 amide bonds. The standard InChI is InChI=1S/C7H9ClN2O2/c1-2-3-10-4-5(6(11)12)9-7(10)8/h4H,2-3H2,1H3,(H,11,12). The van der Waals surface area contributed by atoms with Gasteiger partial charge in [0, 0.05) is 12.7 Å². The Kier molecular flexibility index (Phi) is 2.70. The third-order valence-corrected chi connectivity index (χ3v) is 1.71. The lowest BCUT2D eigenvalue weighted by atomic mass is 10.4. The molecule has 4 nitrogen and oxygen atoms in total. The predicted octanol–water partition coefficient (Wildman–Crippen LogP) is 1.64. The van der Waals surface area contributed by atoms with E-state index in [1.165, 1.54) is 6.20 Å². The van der Waals surface area contributed by atoms with Crippen molar-refractivity contribution in [3.05, 3.63) is 17.2 Å². The van der Waals surface area contributed by atoms with E-state index in [9.17, 15) is 4.79 Å². The first-order chi connectivity index (χ1) is 5.65. The van der Waals surface area contributed by atoms with Gasteiger partial charge < -0.3 is 9.67 Å². The minimum atomic E-state index is -1.05. The molecule has 0 unspecified atom stereocenters. The monoisotopic (exact) mass is 188 g/mol. The summed E-state index contributed by atoms with van der Waals surface area (Å²) >= 11 is 5.66. The molecule has 0 spiro atoms.